The average Bonchev–Trinajstić information content (AvgIpc) is 3.06. The van der Waals surface area contributed by atoms with Gasteiger partial charge in [-0.2, -0.15) is 0 Å². The summed E-state index contributed by atoms with van der Waals surface area (Å²) in [4.78, 5) is 26.2. The van der Waals surface area contributed by atoms with Crippen LogP contribution in [0.15, 0.2) is 54.7 Å². The van der Waals surface area contributed by atoms with Crippen LogP contribution in [-0.4, -0.2) is 15.8 Å². The van der Waals surface area contributed by atoms with E-state index in [1.165, 1.54) is 6.20 Å². The molecule has 0 bridgehead atoms. The summed E-state index contributed by atoms with van der Waals surface area (Å²) in [5, 5.41) is 14.4. The quantitative estimate of drug-likeness (QED) is 0.545. The Labute approximate surface area is 140 Å². The number of nitro groups is 1. The molecule has 3 N–H and O–H groups in total. The molecule has 0 aliphatic heterocycles. The Morgan fingerprint density at radius 3 is 2.54 bits per heavy atom. The van der Waals surface area contributed by atoms with Gasteiger partial charge in [0.25, 0.3) is 5.91 Å². The van der Waals surface area contributed by atoms with Gasteiger partial charge in [0.05, 0.1) is 16.2 Å². The van der Waals surface area contributed by atoms with Crippen LogP contribution in [0.2, 0.25) is 0 Å². The van der Waals surface area contributed by atoms with Crippen molar-refractivity contribution in [2.24, 2.45) is 5.73 Å². The number of nitrogens with two attached hydrogens (primary N) is 1. The fourth-order valence-corrected chi connectivity index (χ4v) is 2.97. The predicted octanol–water partition coefficient (Wildman–Crippen LogP) is 3.56. The molecule has 0 atom stereocenters. The lowest BCUT2D eigenvalue weighted by Gasteiger charge is -2.14. The number of thiazole rings is 1. The van der Waals surface area contributed by atoms with Gasteiger partial charge in [-0.3, -0.25) is 14.9 Å². The summed E-state index contributed by atoms with van der Waals surface area (Å²) in [5.41, 5.74) is 7.56. The van der Waals surface area contributed by atoms with Crippen LogP contribution >= 0.6 is 11.3 Å². The molecule has 0 saturated carbocycles. The van der Waals surface area contributed by atoms with Gasteiger partial charge in [-0.15, -0.1) is 0 Å². The highest BCUT2D eigenvalue weighted by atomic mass is 32.1. The Morgan fingerprint density at radius 1 is 1.17 bits per heavy atom. The summed E-state index contributed by atoms with van der Waals surface area (Å²) >= 11 is 0.937. The van der Waals surface area contributed by atoms with Crippen molar-refractivity contribution in [1.29, 1.82) is 0 Å². The van der Waals surface area contributed by atoms with Crippen LogP contribution < -0.4 is 11.1 Å². The Bertz CT molecular complexity index is 909. The summed E-state index contributed by atoms with van der Waals surface area (Å²) in [6.07, 6.45) is 1.20. The highest BCUT2D eigenvalue weighted by Crippen LogP contribution is 2.37. The first-order valence-corrected chi connectivity index (χ1v) is 7.73. The molecule has 1 aromatic heterocycles. The topological polar surface area (TPSA) is 111 Å². The molecule has 120 valence electrons. The summed E-state index contributed by atoms with van der Waals surface area (Å²) < 4.78 is 0. The predicted molar refractivity (Wildman–Crippen MR) is 92.4 cm³/mol. The monoisotopic (exact) mass is 340 g/mol. The van der Waals surface area contributed by atoms with Crippen molar-refractivity contribution in [3.8, 4) is 10.6 Å². The summed E-state index contributed by atoms with van der Waals surface area (Å²) in [6, 6.07) is 14.2. The van der Waals surface area contributed by atoms with Crippen molar-refractivity contribution < 1.29 is 9.72 Å². The standard InChI is InChI=1S/C16H12N4O3S/c17-15(21)11-7-4-8-12(16-18-9-13(24-16)20(22)23)14(11)19-10-5-2-1-3-6-10/h1-9,19H,(H2,17,21). The van der Waals surface area contributed by atoms with Crippen molar-refractivity contribution in [3.05, 3.63) is 70.4 Å². The third-order valence-corrected chi connectivity index (χ3v) is 4.26. The zero-order chi connectivity index (χ0) is 17.1. The van der Waals surface area contributed by atoms with E-state index >= 15 is 0 Å². The van der Waals surface area contributed by atoms with Gasteiger partial charge in [0.1, 0.15) is 11.2 Å². The molecule has 0 aliphatic rings. The van der Waals surface area contributed by atoms with Crippen molar-refractivity contribution in [3.63, 3.8) is 0 Å². The smallest absolute Gasteiger partial charge is 0.344 e. The molecule has 2 aromatic carbocycles. The van der Waals surface area contributed by atoms with E-state index < -0.39 is 10.8 Å². The van der Waals surface area contributed by atoms with Crippen molar-refractivity contribution in [2.45, 2.75) is 0 Å². The number of nitrogens with zero attached hydrogens (tertiary/aromatic N) is 2. The highest BCUT2D eigenvalue weighted by Gasteiger charge is 2.19. The molecule has 0 fully saturated rings. The van der Waals surface area contributed by atoms with Gasteiger partial charge >= 0.3 is 5.00 Å². The number of anilines is 2. The number of nitrogens with one attached hydrogen (secondary N) is 1. The Morgan fingerprint density at radius 2 is 1.92 bits per heavy atom. The van der Waals surface area contributed by atoms with Gasteiger partial charge < -0.3 is 11.1 Å². The molecule has 0 aliphatic carbocycles. The second-order valence-electron chi connectivity index (χ2n) is 4.84. The first-order valence-electron chi connectivity index (χ1n) is 6.91. The number of primary amides is 1. The SMILES string of the molecule is NC(=O)c1cccc(-c2ncc([N+](=O)[O-])s2)c1Nc1ccccc1. The second kappa shape index (κ2) is 6.47. The summed E-state index contributed by atoms with van der Waals surface area (Å²) in [6.45, 7) is 0. The zero-order valence-electron chi connectivity index (χ0n) is 12.3. The van der Waals surface area contributed by atoms with E-state index in [1.807, 2.05) is 30.3 Å². The maximum absolute atomic E-state index is 11.8. The molecular weight excluding hydrogens is 328 g/mol. The number of carbonyl (C=O) groups excluding carboxylic acids is 1. The van der Waals surface area contributed by atoms with Crippen LogP contribution in [0.1, 0.15) is 10.4 Å². The van der Waals surface area contributed by atoms with Crippen LogP contribution in [0.3, 0.4) is 0 Å². The number of hydrogen-bond donors (Lipinski definition) is 2. The normalized spacial score (nSPS) is 10.3. The molecule has 1 heterocycles. The number of amides is 1. The van der Waals surface area contributed by atoms with Crippen molar-refractivity contribution in [2.75, 3.05) is 5.32 Å². The average molecular weight is 340 g/mol. The summed E-state index contributed by atoms with van der Waals surface area (Å²) in [7, 11) is 0. The van der Waals surface area contributed by atoms with Crippen LogP contribution in [0.25, 0.3) is 10.6 Å². The van der Waals surface area contributed by atoms with Gasteiger partial charge in [0.2, 0.25) is 0 Å². The van der Waals surface area contributed by atoms with E-state index in [0.29, 0.717) is 16.3 Å². The molecule has 0 radical (unpaired) electrons. The second-order valence-corrected chi connectivity index (χ2v) is 5.85. The molecular formula is C16H12N4O3S. The third kappa shape index (κ3) is 3.08. The maximum Gasteiger partial charge on any atom is 0.344 e. The molecule has 3 aromatic rings. The van der Waals surface area contributed by atoms with Gasteiger partial charge in [0.15, 0.2) is 0 Å². The molecule has 0 spiro atoms. The van der Waals surface area contributed by atoms with E-state index in [0.717, 1.165) is 17.0 Å². The number of benzene rings is 2. The van der Waals surface area contributed by atoms with Gasteiger partial charge in [-0.1, -0.05) is 24.3 Å². The lowest BCUT2D eigenvalue weighted by molar-refractivity contribution is -0.380. The number of para-hydroxylation sites is 2. The lowest BCUT2D eigenvalue weighted by Crippen LogP contribution is -2.13. The molecule has 0 saturated heterocycles. The number of carbonyl (C=O) groups is 1. The van der Waals surface area contributed by atoms with Gasteiger partial charge in [-0.05, 0) is 35.6 Å². The molecule has 3 rings (SSSR count). The molecule has 7 nitrogen and oxygen atoms in total. The highest BCUT2D eigenvalue weighted by molar-refractivity contribution is 7.18. The lowest BCUT2D eigenvalue weighted by atomic mass is 10.1. The maximum atomic E-state index is 11.8. The molecule has 1 amide bonds. The van der Waals surface area contributed by atoms with Gasteiger partial charge in [0, 0.05) is 11.3 Å². The Hall–Kier alpha value is -3.26. The third-order valence-electron chi connectivity index (χ3n) is 3.28. The number of hydrogen-bond acceptors (Lipinski definition) is 6. The van der Waals surface area contributed by atoms with Crippen LogP contribution in [0.5, 0.6) is 0 Å². The van der Waals surface area contributed by atoms with E-state index in [9.17, 15) is 14.9 Å². The van der Waals surface area contributed by atoms with Crippen LogP contribution in [0, 0.1) is 10.1 Å². The number of rotatable bonds is 5. The minimum Gasteiger partial charge on any atom is -0.366 e. The fourth-order valence-electron chi connectivity index (χ4n) is 2.21. The zero-order valence-corrected chi connectivity index (χ0v) is 13.1. The largest absolute Gasteiger partial charge is 0.366 e. The van der Waals surface area contributed by atoms with E-state index in [4.69, 9.17) is 5.73 Å². The van der Waals surface area contributed by atoms with Gasteiger partial charge in [-0.25, -0.2) is 4.98 Å². The van der Waals surface area contributed by atoms with Crippen LogP contribution in [0.4, 0.5) is 16.4 Å². The molecule has 8 heteroatoms. The minimum atomic E-state index is -0.596. The van der Waals surface area contributed by atoms with E-state index in [2.05, 4.69) is 10.3 Å². The van der Waals surface area contributed by atoms with Crippen LogP contribution in [-0.2, 0) is 0 Å². The Kier molecular flexibility index (Phi) is 4.21. The minimum absolute atomic E-state index is 0.0693. The Balaban J connectivity index is 2.12. The molecule has 0 unspecified atom stereocenters. The summed E-state index contributed by atoms with van der Waals surface area (Å²) in [5.74, 6) is -0.596. The van der Waals surface area contributed by atoms with E-state index in [-0.39, 0.29) is 10.6 Å². The molecule has 24 heavy (non-hydrogen) atoms. The first kappa shape index (κ1) is 15.6. The fraction of sp³-hybridized carbons (Fsp3) is 0. The van der Waals surface area contributed by atoms with Crippen molar-refractivity contribution >= 4 is 33.6 Å². The van der Waals surface area contributed by atoms with Crippen molar-refractivity contribution in [1.82, 2.24) is 4.98 Å². The number of aromatic nitrogens is 1. The first-order chi connectivity index (χ1) is 11.6. The van der Waals surface area contributed by atoms with E-state index in [1.54, 1.807) is 18.2 Å².